The molecule has 0 bridgehead atoms. The molecular weight excluding hydrogens is 468 g/mol. The summed E-state index contributed by atoms with van der Waals surface area (Å²) in [5.41, 5.74) is 2.37. The van der Waals surface area contributed by atoms with Gasteiger partial charge in [0.2, 0.25) is 5.91 Å². The zero-order valence-electron chi connectivity index (χ0n) is 16.2. The number of carbonyl (C=O) groups excluding carboxylic acids is 1. The van der Waals surface area contributed by atoms with Gasteiger partial charge >= 0.3 is 5.63 Å². The van der Waals surface area contributed by atoms with Gasteiger partial charge in [-0.05, 0) is 36.8 Å². The smallest absolute Gasteiger partial charge is 0.336 e. The average Bonchev–Trinajstić information content (AvgIpc) is 3.07. The van der Waals surface area contributed by atoms with Crippen molar-refractivity contribution in [3.8, 4) is 11.4 Å². The van der Waals surface area contributed by atoms with Crippen molar-refractivity contribution < 1.29 is 9.21 Å². The molecule has 7 nitrogen and oxygen atoms in total. The van der Waals surface area contributed by atoms with Gasteiger partial charge in [-0.15, -0.1) is 10.2 Å². The molecule has 2 aromatic carbocycles. The van der Waals surface area contributed by atoms with E-state index in [0.717, 1.165) is 26.8 Å². The minimum atomic E-state index is -0.414. The Labute approximate surface area is 184 Å². The van der Waals surface area contributed by atoms with E-state index >= 15 is 0 Å². The van der Waals surface area contributed by atoms with Crippen molar-refractivity contribution in [3.63, 3.8) is 0 Å². The molecule has 0 atom stereocenters. The number of anilines is 1. The van der Waals surface area contributed by atoms with E-state index in [4.69, 9.17) is 4.42 Å². The number of nitrogens with one attached hydrogen (secondary N) is 1. The van der Waals surface area contributed by atoms with Crippen LogP contribution in [-0.2, 0) is 11.8 Å². The Bertz CT molecular complexity index is 1300. The molecule has 0 aliphatic carbocycles. The fourth-order valence-corrected chi connectivity index (χ4v) is 4.00. The van der Waals surface area contributed by atoms with Crippen LogP contribution in [0.5, 0.6) is 0 Å². The highest BCUT2D eigenvalue weighted by atomic mass is 79.9. The van der Waals surface area contributed by atoms with Crippen LogP contribution < -0.4 is 10.9 Å². The molecule has 2 heterocycles. The lowest BCUT2D eigenvalue weighted by Gasteiger charge is -2.07. The molecule has 0 aliphatic rings. The fraction of sp³-hybridized carbons (Fsp3) is 0.143. The summed E-state index contributed by atoms with van der Waals surface area (Å²) in [6, 6.07) is 14.5. The lowest BCUT2D eigenvalue weighted by atomic mass is 10.1. The fourth-order valence-electron chi connectivity index (χ4n) is 3.02. The molecule has 1 N–H and O–H groups in total. The standard InChI is InChI=1S/C21H17BrN4O3S/c1-12-9-19(28)29-17-10-15(7-8-16(12)17)23-18(27)11-30-21-25-24-20(26(21)2)13-3-5-14(22)6-4-13/h3-10H,11H2,1-2H3,(H,23,27). The molecule has 9 heteroatoms. The van der Waals surface area contributed by atoms with Crippen molar-refractivity contribution in [2.75, 3.05) is 11.1 Å². The van der Waals surface area contributed by atoms with Gasteiger partial charge in [-0.1, -0.05) is 39.8 Å². The third-order valence-electron chi connectivity index (χ3n) is 4.50. The zero-order valence-corrected chi connectivity index (χ0v) is 18.6. The summed E-state index contributed by atoms with van der Waals surface area (Å²) in [7, 11) is 1.87. The van der Waals surface area contributed by atoms with Gasteiger partial charge in [0.25, 0.3) is 0 Å². The number of nitrogens with zero attached hydrogens (tertiary/aromatic N) is 3. The highest BCUT2D eigenvalue weighted by Gasteiger charge is 2.13. The SMILES string of the molecule is Cc1cc(=O)oc2cc(NC(=O)CSc3nnc(-c4ccc(Br)cc4)n3C)ccc12. The van der Waals surface area contributed by atoms with Crippen LogP contribution in [0.25, 0.3) is 22.4 Å². The van der Waals surface area contributed by atoms with E-state index in [9.17, 15) is 9.59 Å². The van der Waals surface area contributed by atoms with Crippen molar-refractivity contribution >= 4 is 50.3 Å². The van der Waals surface area contributed by atoms with Crippen LogP contribution >= 0.6 is 27.7 Å². The quantitative estimate of drug-likeness (QED) is 0.333. The van der Waals surface area contributed by atoms with E-state index in [1.54, 1.807) is 12.1 Å². The average molecular weight is 485 g/mol. The highest BCUT2D eigenvalue weighted by molar-refractivity contribution is 9.10. The molecule has 0 fully saturated rings. The summed E-state index contributed by atoms with van der Waals surface area (Å²) in [6.45, 7) is 1.84. The molecule has 152 valence electrons. The Morgan fingerprint density at radius 1 is 1.17 bits per heavy atom. The molecule has 0 saturated carbocycles. The number of rotatable bonds is 5. The van der Waals surface area contributed by atoms with Gasteiger partial charge in [0, 0.05) is 40.3 Å². The summed E-state index contributed by atoms with van der Waals surface area (Å²) < 4.78 is 8.07. The van der Waals surface area contributed by atoms with Crippen molar-refractivity contribution in [1.29, 1.82) is 0 Å². The Hall–Kier alpha value is -2.91. The van der Waals surface area contributed by atoms with Crippen molar-refractivity contribution in [1.82, 2.24) is 14.8 Å². The molecule has 4 aromatic rings. The van der Waals surface area contributed by atoms with Gasteiger partial charge < -0.3 is 14.3 Å². The van der Waals surface area contributed by atoms with E-state index in [0.29, 0.717) is 16.4 Å². The number of fused-ring (bicyclic) bond motifs is 1. The van der Waals surface area contributed by atoms with Gasteiger partial charge in [-0.2, -0.15) is 0 Å². The van der Waals surface area contributed by atoms with E-state index in [1.807, 2.05) is 48.9 Å². The minimum absolute atomic E-state index is 0.169. The first-order chi connectivity index (χ1) is 14.4. The molecule has 0 radical (unpaired) electrons. The number of thioether (sulfide) groups is 1. The van der Waals surface area contributed by atoms with Crippen LogP contribution in [0.1, 0.15) is 5.56 Å². The molecule has 1 amide bonds. The van der Waals surface area contributed by atoms with Gasteiger partial charge in [0.15, 0.2) is 11.0 Å². The van der Waals surface area contributed by atoms with Gasteiger partial charge in [0.05, 0.1) is 5.75 Å². The van der Waals surface area contributed by atoms with E-state index in [2.05, 4.69) is 31.4 Å². The van der Waals surface area contributed by atoms with E-state index < -0.39 is 5.63 Å². The third kappa shape index (κ3) is 4.31. The first-order valence-corrected chi connectivity index (χ1v) is 10.8. The highest BCUT2D eigenvalue weighted by Crippen LogP contribution is 2.25. The monoisotopic (exact) mass is 484 g/mol. The van der Waals surface area contributed by atoms with Crippen LogP contribution in [0.4, 0.5) is 5.69 Å². The maximum absolute atomic E-state index is 12.4. The number of aryl methyl sites for hydroxylation is 1. The molecule has 0 aliphatic heterocycles. The normalized spacial score (nSPS) is 11.0. The Morgan fingerprint density at radius 2 is 1.93 bits per heavy atom. The largest absolute Gasteiger partial charge is 0.423 e. The Kier molecular flexibility index (Phi) is 5.74. The van der Waals surface area contributed by atoms with Crippen molar-refractivity contribution in [2.45, 2.75) is 12.1 Å². The van der Waals surface area contributed by atoms with Crippen LogP contribution in [0.2, 0.25) is 0 Å². The Morgan fingerprint density at radius 3 is 2.70 bits per heavy atom. The predicted molar refractivity (Wildman–Crippen MR) is 121 cm³/mol. The number of hydrogen-bond acceptors (Lipinski definition) is 6. The van der Waals surface area contributed by atoms with E-state index in [1.165, 1.54) is 17.8 Å². The summed E-state index contributed by atoms with van der Waals surface area (Å²) in [5.74, 6) is 0.704. The van der Waals surface area contributed by atoms with Crippen LogP contribution in [0, 0.1) is 6.92 Å². The summed E-state index contributed by atoms with van der Waals surface area (Å²) in [5, 5.41) is 12.7. The Balaban J connectivity index is 1.43. The number of hydrogen-bond donors (Lipinski definition) is 1. The molecule has 2 aromatic heterocycles. The molecular formula is C21H17BrN4O3S. The molecule has 0 spiro atoms. The number of benzene rings is 2. The second-order valence-corrected chi connectivity index (χ2v) is 8.53. The van der Waals surface area contributed by atoms with Crippen LogP contribution in [0.3, 0.4) is 0 Å². The maximum Gasteiger partial charge on any atom is 0.336 e. The number of carbonyl (C=O) groups is 1. The topological polar surface area (TPSA) is 90.0 Å². The maximum atomic E-state index is 12.4. The van der Waals surface area contributed by atoms with E-state index in [-0.39, 0.29) is 11.7 Å². The van der Waals surface area contributed by atoms with Gasteiger partial charge in [-0.25, -0.2) is 4.79 Å². The van der Waals surface area contributed by atoms with Gasteiger partial charge in [0.1, 0.15) is 5.58 Å². The van der Waals surface area contributed by atoms with Gasteiger partial charge in [-0.3, -0.25) is 4.79 Å². The summed E-state index contributed by atoms with van der Waals surface area (Å²) in [4.78, 5) is 24.0. The molecule has 4 rings (SSSR count). The summed E-state index contributed by atoms with van der Waals surface area (Å²) >= 11 is 4.71. The second-order valence-electron chi connectivity index (χ2n) is 6.67. The van der Waals surface area contributed by atoms with Crippen molar-refractivity contribution in [3.05, 3.63) is 69.0 Å². The molecule has 30 heavy (non-hydrogen) atoms. The summed E-state index contributed by atoms with van der Waals surface area (Å²) in [6.07, 6.45) is 0. The third-order valence-corrected chi connectivity index (χ3v) is 6.05. The zero-order chi connectivity index (χ0) is 21.3. The predicted octanol–water partition coefficient (Wildman–Crippen LogP) is 4.39. The number of halogens is 1. The second kappa shape index (κ2) is 8.45. The van der Waals surface area contributed by atoms with Crippen LogP contribution in [-0.4, -0.2) is 26.4 Å². The number of amides is 1. The lowest BCUT2D eigenvalue weighted by molar-refractivity contribution is -0.113. The first kappa shape index (κ1) is 20.4. The first-order valence-electron chi connectivity index (χ1n) is 9.03. The number of aromatic nitrogens is 3. The molecule has 0 unspecified atom stereocenters. The minimum Gasteiger partial charge on any atom is -0.423 e. The van der Waals surface area contributed by atoms with Crippen LogP contribution in [0.15, 0.2) is 67.4 Å². The van der Waals surface area contributed by atoms with Crippen molar-refractivity contribution in [2.24, 2.45) is 7.05 Å². The lowest BCUT2D eigenvalue weighted by Crippen LogP contribution is -2.14. The molecule has 0 saturated heterocycles.